The molecule has 3 fully saturated rings. The van der Waals surface area contributed by atoms with E-state index in [1.54, 1.807) is 6.92 Å². The summed E-state index contributed by atoms with van der Waals surface area (Å²) in [5.41, 5.74) is -1.16. The summed E-state index contributed by atoms with van der Waals surface area (Å²) in [5.74, 6) is -1.15. The Morgan fingerprint density at radius 3 is 2.30 bits per heavy atom. The molecule has 7 heteroatoms. The van der Waals surface area contributed by atoms with Gasteiger partial charge in [-0.3, -0.25) is 9.59 Å². The van der Waals surface area contributed by atoms with Gasteiger partial charge in [-0.25, -0.2) is 0 Å². The molecule has 0 spiro atoms. The Balaban J connectivity index is 1.90. The number of hydrogen-bond acceptors (Lipinski definition) is 2. The molecule has 20 heavy (non-hydrogen) atoms. The first-order chi connectivity index (χ1) is 9.22. The number of nitrogens with zero attached hydrogens (tertiary/aromatic N) is 1. The van der Waals surface area contributed by atoms with Crippen LogP contribution in [0.25, 0.3) is 0 Å². The van der Waals surface area contributed by atoms with Crippen LogP contribution in [-0.4, -0.2) is 41.0 Å². The molecule has 1 N–H and O–H groups in total. The predicted molar refractivity (Wildman–Crippen MR) is 63.6 cm³/mol. The second kappa shape index (κ2) is 4.11. The minimum absolute atomic E-state index is 0.0326. The molecule has 0 aromatic carbocycles. The number of hydrogen-bond donors (Lipinski definition) is 1. The van der Waals surface area contributed by atoms with Gasteiger partial charge in [-0.2, -0.15) is 13.2 Å². The first-order valence-electron chi connectivity index (χ1n) is 6.92. The van der Waals surface area contributed by atoms with Gasteiger partial charge in [0.2, 0.25) is 11.8 Å². The fraction of sp³-hybridized carbons (Fsp3) is 0.846. The summed E-state index contributed by atoms with van der Waals surface area (Å²) < 4.78 is 38.2. The number of amides is 2. The molecule has 1 aliphatic heterocycles. The highest BCUT2D eigenvalue weighted by Gasteiger charge is 2.59. The van der Waals surface area contributed by atoms with Crippen molar-refractivity contribution in [2.45, 2.75) is 50.4 Å². The van der Waals surface area contributed by atoms with Crippen LogP contribution in [0.4, 0.5) is 13.2 Å². The molecule has 1 saturated heterocycles. The lowest BCUT2D eigenvalue weighted by atomic mass is 9.88. The molecule has 0 aromatic heterocycles. The maximum atomic E-state index is 12.7. The van der Waals surface area contributed by atoms with Crippen LogP contribution in [0.3, 0.4) is 0 Å². The van der Waals surface area contributed by atoms with E-state index in [0.29, 0.717) is 12.8 Å². The number of piperazine rings is 1. The van der Waals surface area contributed by atoms with Gasteiger partial charge >= 0.3 is 6.18 Å². The fourth-order valence-electron chi connectivity index (χ4n) is 3.13. The number of carbonyl (C=O) groups excluding carboxylic acids is 2. The van der Waals surface area contributed by atoms with Crippen LogP contribution in [0, 0.1) is 11.8 Å². The molecule has 1 heterocycles. The zero-order valence-electron chi connectivity index (χ0n) is 11.2. The number of nitrogens with one attached hydrogen (secondary N) is 1. The van der Waals surface area contributed by atoms with Gasteiger partial charge in [-0.05, 0) is 44.4 Å². The quantitative estimate of drug-likeness (QED) is 0.855. The molecule has 0 bridgehead atoms. The van der Waals surface area contributed by atoms with Crippen molar-refractivity contribution in [2.75, 3.05) is 6.54 Å². The summed E-state index contributed by atoms with van der Waals surface area (Å²) in [4.78, 5) is 25.5. The van der Waals surface area contributed by atoms with Crippen molar-refractivity contribution in [1.29, 1.82) is 0 Å². The van der Waals surface area contributed by atoms with Gasteiger partial charge in [0.25, 0.3) is 0 Å². The van der Waals surface area contributed by atoms with Crippen molar-refractivity contribution in [3.63, 3.8) is 0 Å². The maximum Gasteiger partial charge on any atom is 0.406 e. The lowest BCUT2D eigenvalue weighted by molar-refractivity contribution is -0.179. The van der Waals surface area contributed by atoms with Crippen LogP contribution in [0.5, 0.6) is 0 Å². The topological polar surface area (TPSA) is 49.4 Å². The second-order valence-corrected chi connectivity index (χ2v) is 6.30. The molecular formula is C13H17F3N2O2. The Bertz CT molecular complexity index is 457. The SMILES string of the molecule is CC1(C2CC2)NC(=O)C(C2CC2)N(CC(F)(F)F)C1=O. The Labute approximate surface area is 114 Å². The zero-order chi connectivity index (χ0) is 14.7. The third-order valence-electron chi connectivity index (χ3n) is 4.50. The number of rotatable bonds is 3. The lowest BCUT2D eigenvalue weighted by Crippen LogP contribution is -2.71. The number of halogens is 3. The average Bonchev–Trinajstić information content (AvgIpc) is 3.11. The van der Waals surface area contributed by atoms with Crippen LogP contribution < -0.4 is 5.32 Å². The molecule has 2 atom stereocenters. The predicted octanol–water partition coefficient (Wildman–Crippen LogP) is 1.45. The van der Waals surface area contributed by atoms with E-state index in [9.17, 15) is 22.8 Å². The Hall–Kier alpha value is -1.27. The summed E-state index contributed by atoms with van der Waals surface area (Å²) in [5, 5.41) is 2.69. The normalized spacial score (nSPS) is 35.2. The smallest absolute Gasteiger partial charge is 0.340 e. The van der Waals surface area contributed by atoms with E-state index in [1.165, 1.54) is 0 Å². The number of alkyl halides is 3. The van der Waals surface area contributed by atoms with Crippen LogP contribution in [0.1, 0.15) is 32.6 Å². The van der Waals surface area contributed by atoms with Gasteiger partial charge < -0.3 is 10.2 Å². The maximum absolute atomic E-state index is 12.7. The molecule has 3 aliphatic rings. The van der Waals surface area contributed by atoms with Crippen LogP contribution in [-0.2, 0) is 9.59 Å². The highest BCUT2D eigenvalue weighted by atomic mass is 19.4. The largest absolute Gasteiger partial charge is 0.406 e. The molecule has 3 rings (SSSR count). The summed E-state index contributed by atoms with van der Waals surface area (Å²) in [6.07, 6.45) is -1.52. The van der Waals surface area contributed by atoms with Gasteiger partial charge in [0.1, 0.15) is 18.1 Å². The Morgan fingerprint density at radius 2 is 1.85 bits per heavy atom. The minimum atomic E-state index is -4.48. The summed E-state index contributed by atoms with van der Waals surface area (Å²) in [6, 6.07) is -0.948. The van der Waals surface area contributed by atoms with Crippen molar-refractivity contribution in [2.24, 2.45) is 11.8 Å². The van der Waals surface area contributed by atoms with E-state index in [-0.39, 0.29) is 11.8 Å². The fourth-order valence-corrected chi connectivity index (χ4v) is 3.13. The monoisotopic (exact) mass is 290 g/mol. The van der Waals surface area contributed by atoms with E-state index in [1.807, 2.05) is 0 Å². The minimum Gasteiger partial charge on any atom is -0.340 e. The molecule has 2 amide bonds. The highest BCUT2D eigenvalue weighted by molar-refractivity contribution is 6.00. The van der Waals surface area contributed by atoms with Crippen molar-refractivity contribution in [3.8, 4) is 0 Å². The van der Waals surface area contributed by atoms with E-state index in [0.717, 1.165) is 17.7 Å². The summed E-state index contributed by atoms with van der Waals surface area (Å²) >= 11 is 0. The first-order valence-corrected chi connectivity index (χ1v) is 6.92. The van der Waals surface area contributed by atoms with Crippen molar-refractivity contribution < 1.29 is 22.8 Å². The highest BCUT2D eigenvalue weighted by Crippen LogP contribution is 2.45. The van der Waals surface area contributed by atoms with Crippen molar-refractivity contribution >= 4 is 11.8 Å². The van der Waals surface area contributed by atoms with Gasteiger partial charge in [0.05, 0.1) is 0 Å². The first kappa shape index (κ1) is 13.7. The van der Waals surface area contributed by atoms with Crippen LogP contribution in [0.2, 0.25) is 0 Å². The van der Waals surface area contributed by atoms with Crippen molar-refractivity contribution in [1.82, 2.24) is 10.2 Å². The zero-order valence-corrected chi connectivity index (χ0v) is 11.2. The Kier molecular flexibility index (Phi) is 2.82. The van der Waals surface area contributed by atoms with Crippen LogP contribution in [0.15, 0.2) is 0 Å². The van der Waals surface area contributed by atoms with E-state index < -0.39 is 36.1 Å². The van der Waals surface area contributed by atoms with Gasteiger partial charge in [-0.15, -0.1) is 0 Å². The molecular weight excluding hydrogens is 273 g/mol. The molecule has 4 nitrogen and oxygen atoms in total. The lowest BCUT2D eigenvalue weighted by Gasteiger charge is -2.45. The van der Waals surface area contributed by atoms with E-state index in [2.05, 4.69) is 5.32 Å². The standard InChI is InChI=1S/C13H17F3N2O2/c1-12(8-4-5-8)11(20)18(6-13(14,15)16)9(7-2-3-7)10(19)17-12/h7-9H,2-6H2,1H3,(H,17,19). The average molecular weight is 290 g/mol. The molecule has 2 aliphatic carbocycles. The third kappa shape index (κ3) is 2.27. The van der Waals surface area contributed by atoms with Gasteiger partial charge in [-0.1, -0.05) is 0 Å². The summed E-state index contributed by atoms with van der Waals surface area (Å²) in [7, 11) is 0. The number of carbonyl (C=O) groups is 2. The molecule has 0 aromatic rings. The van der Waals surface area contributed by atoms with E-state index >= 15 is 0 Å². The Morgan fingerprint density at radius 1 is 1.25 bits per heavy atom. The molecule has 0 radical (unpaired) electrons. The van der Waals surface area contributed by atoms with E-state index in [4.69, 9.17) is 0 Å². The second-order valence-electron chi connectivity index (χ2n) is 6.30. The molecule has 112 valence electrons. The van der Waals surface area contributed by atoms with Crippen LogP contribution >= 0.6 is 0 Å². The van der Waals surface area contributed by atoms with Gasteiger partial charge in [0.15, 0.2) is 0 Å². The molecule has 2 saturated carbocycles. The van der Waals surface area contributed by atoms with Gasteiger partial charge in [0, 0.05) is 0 Å². The summed E-state index contributed by atoms with van der Waals surface area (Å²) in [6.45, 7) is 0.222. The third-order valence-corrected chi connectivity index (χ3v) is 4.50. The molecule has 2 unspecified atom stereocenters. The van der Waals surface area contributed by atoms with Crippen molar-refractivity contribution in [3.05, 3.63) is 0 Å².